The van der Waals surface area contributed by atoms with Crippen molar-refractivity contribution in [2.75, 3.05) is 6.61 Å². The van der Waals surface area contributed by atoms with Crippen LogP contribution in [0.2, 0.25) is 0 Å². The first-order chi connectivity index (χ1) is 6.11. The van der Waals surface area contributed by atoms with E-state index in [1.54, 1.807) is 0 Å². The molecule has 0 spiro atoms. The molecule has 0 N–H and O–H groups in total. The molecule has 0 amide bonds. The van der Waals surface area contributed by atoms with Crippen molar-refractivity contribution in [1.29, 1.82) is 0 Å². The Bertz CT molecular complexity index is 333. The maximum atomic E-state index is 12.9. The van der Waals surface area contributed by atoms with Crippen molar-refractivity contribution in [2.24, 2.45) is 0 Å². The zero-order chi connectivity index (χ0) is 9.59. The van der Waals surface area contributed by atoms with Gasteiger partial charge in [0.1, 0.15) is 6.10 Å². The summed E-state index contributed by atoms with van der Waals surface area (Å²) in [7, 11) is 0. The molecule has 1 aliphatic rings. The monoisotopic (exact) mass is 192 g/mol. The first-order valence-corrected chi connectivity index (χ1v) is 3.55. The molecule has 0 bridgehead atoms. The second-order valence-electron chi connectivity index (χ2n) is 2.70. The second kappa shape index (κ2) is 2.70. The summed E-state index contributed by atoms with van der Waals surface area (Å²) in [4.78, 5) is 0. The molecule has 1 aromatic rings. The van der Waals surface area contributed by atoms with Gasteiger partial charge in [-0.25, -0.2) is 17.6 Å². The Hall–Kier alpha value is -1.10. The van der Waals surface area contributed by atoms with Crippen LogP contribution >= 0.6 is 0 Å². The summed E-state index contributed by atoms with van der Waals surface area (Å²) < 4.78 is 55.4. The Kier molecular flexibility index (Phi) is 1.76. The highest BCUT2D eigenvalue weighted by Crippen LogP contribution is 2.35. The van der Waals surface area contributed by atoms with Crippen LogP contribution in [0.3, 0.4) is 0 Å². The Morgan fingerprint density at radius 2 is 1.54 bits per heavy atom. The maximum absolute atomic E-state index is 12.9. The highest BCUT2D eigenvalue weighted by Gasteiger charge is 2.34. The van der Waals surface area contributed by atoms with Gasteiger partial charge in [0, 0.05) is 6.07 Å². The number of hydrogen-bond acceptors (Lipinski definition) is 1. The normalized spacial score (nSPS) is 20.5. The van der Waals surface area contributed by atoms with Gasteiger partial charge in [0.2, 0.25) is 0 Å². The lowest BCUT2D eigenvalue weighted by molar-refractivity contribution is 0.378. The van der Waals surface area contributed by atoms with Gasteiger partial charge < -0.3 is 4.74 Å². The lowest BCUT2D eigenvalue weighted by Crippen LogP contribution is -2.01. The Labute approximate surface area is 70.9 Å². The van der Waals surface area contributed by atoms with Gasteiger partial charge in [0.05, 0.1) is 12.2 Å². The molecule has 1 atom stereocenters. The maximum Gasteiger partial charge on any atom is 0.167 e. The van der Waals surface area contributed by atoms with E-state index >= 15 is 0 Å². The van der Waals surface area contributed by atoms with Gasteiger partial charge in [0.25, 0.3) is 0 Å². The number of halogens is 4. The number of ether oxygens (including phenoxy) is 1. The van der Waals surface area contributed by atoms with E-state index in [2.05, 4.69) is 4.74 Å². The van der Waals surface area contributed by atoms with E-state index < -0.39 is 34.9 Å². The van der Waals surface area contributed by atoms with Crippen molar-refractivity contribution in [1.82, 2.24) is 0 Å². The van der Waals surface area contributed by atoms with Gasteiger partial charge in [-0.3, -0.25) is 0 Å². The van der Waals surface area contributed by atoms with Gasteiger partial charge in [-0.1, -0.05) is 0 Å². The summed E-state index contributed by atoms with van der Waals surface area (Å²) in [5.74, 6) is -5.54. The van der Waals surface area contributed by atoms with E-state index in [-0.39, 0.29) is 12.7 Å². The molecule has 0 unspecified atom stereocenters. The number of epoxide rings is 1. The summed E-state index contributed by atoms with van der Waals surface area (Å²) in [5, 5.41) is 0. The number of benzene rings is 1. The van der Waals surface area contributed by atoms with Crippen LogP contribution in [0.5, 0.6) is 0 Å². The molecule has 1 heterocycles. The third kappa shape index (κ3) is 1.29. The molecule has 1 saturated heterocycles. The second-order valence-corrected chi connectivity index (χ2v) is 2.70. The predicted octanol–water partition coefficient (Wildman–Crippen LogP) is 2.31. The van der Waals surface area contributed by atoms with Crippen molar-refractivity contribution >= 4 is 0 Å². The van der Waals surface area contributed by atoms with Crippen LogP contribution in [0, 0.1) is 23.3 Å². The third-order valence-electron chi connectivity index (χ3n) is 1.80. The fourth-order valence-corrected chi connectivity index (χ4v) is 1.09. The quantitative estimate of drug-likeness (QED) is 0.378. The fraction of sp³-hybridized carbons (Fsp3) is 0.250. The molecule has 1 aliphatic heterocycles. The first kappa shape index (κ1) is 8.50. The smallest absolute Gasteiger partial charge is 0.167 e. The summed E-state index contributed by atoms with van der Waals surface area (Å²) in [6.45, 7) is 0.0940. The van der Waals surface area contributed by atoms with Crippen molar-refractivity contribution in [2.45, 2.75) is 6.10 Å². The van der Waals surface area contributed by atoms with E-state index in [0.29, 0.717) is 0 Å². The standard InChI is InChI=1S/C8H4F4O/c9-3-1-4(10)8(12)6(7(3)11)5-2-13-5/h1,5H,2H2/t5-/m1/s1. The predicted molar refractivity (Wildman–Crippen MR) is 35.0 cm³/mol. The minimum absolute atomic E-state index is 0.0940. The summed E-state index contributed by atoms with van der Waals surface area (Å²) in [6, 6.07) is 0.177. The van der Waals surface area contributed by atoms with E-state index in [9.17, 15) is 17.6 Å². The molecule has 2 rings (SSSR count). The Morgan fingerprint density at radius 3 is 1.92 bits per heavy atom. The Morgan fingerprint density at radius 1 is 1.08 bits per heavy atom. The number of hydrogen-bond donors (Lipinski definition) is 0. The van der Waals surface area contributed by atoms with Crippen LogP contribution in [0.4, 0.5) is 17.6 Å². The lowest BCUT2D eigenvalue weighted by atomic mass is 10.1. The van der Waals surface area contributed by atoms with E-state index in [1.165, 1.54) is 0 Å². The SMILES string of the molecule is Fc1cc(F)c(F)c([C@H]2CO2)c1F. The molecule has 5 heteroatoms. The molecule has 1 fully saturated rings. The van der Waals surface area contributed by atoms with Gasteiger partial charge in [-0.2, -0.15) is 0 Å². The van der Waals surface area contributed by atoms with Crippen molar-refractivity contribution in [3.05, 3.63) is 34.9 Å². The Balaban J connectivity index is 2.62. The highest BCUT2D eigenvalue weighted by atomic mass is 19.2. The molecule has 0 aromatic heterocycles. The minimum Gasteiger partial charge on any atom is -0.368 e. The lowest BCUT2D eigenvalue weighted by Gasteiger charge is -2.02. The average molecular weight is 192 g/mol. The zero-order valence-corrected chi connectivity index (χ0v) is 6.28. The van der Waals surface area contributed by atoms with E-state index in [1.807, 2.05) is 0 Å². The highest BCUT2D eigenvalue weighted by molar-refractivity contribution is 5.26. The van der Waals surface area contributed by atoms with Gasteiger partial charge >= 0.3 is 0 Å². The van der Waals surface area contributed by atoms with Crippen molar-refractivity contribution in [3.8, 4) is 0 Å². The average Bonchev–Trinajstić information content (AvgIpc) is 2.85. The van der Waals surface area contributed by atoms with Crippen LogP contribution in [0.1, 0.15) is 11.7 Å². The number of rotatable bonds is 1. The van der Waals surface area contributed by atoms with Crippen molar-refractivity contribution < 1.29 is 22.3 Å². The van der Waals surface area contributed by atoms with Crippen LogP contribution < -0.4 is 0 Å². The van der Waals surface area contributed by atoms with E-state index in [0.717, 1.165) is 0 Å². The molecule has 13 heavy (non-hydrogen) atoms. The topological polar surface area (TPSA) is 12.5 Å². The molecular formula is C8H4F4O. The van der Waals surface area contributed by atoms with Crippen LogP contribution in [-0.2, 0) is 4.74 Å². The van der Waals surface area contributed by atoms with Gasteiger partial charge in [-0.15, -0.1) is 0 Å². The van der Waals surface area contributed by atoms with Gasteiger partial charge in [0.15, 0.2) is 23.3 Å². The summed E-state index contributed by atoms with van der Waals surface area (Å²) in [6.07, 6.45) is -0.842. The molecule has 1 aromatic carbocycles. The van der Waals surface area contributed by atoms with Gasteiger partial charge in [-0.05, 0) is 0 Å². The first-order valence-electron chi connectivity index (χ1n) is 3.55. The zero-order valence-electron chi connectivity index (χ0n) is 6.28. The van der Waals surface area contributed by atoms with Crippen LogP contribution in [0.25, 0.3) is 0 Å². The van der Waals surface area contributed by atoms with Crippen LogP contribution in [0.15, 0.2) is 6.07 Å². The van der Waals surface area contributed by atoms with Crippen molar-refractivity contribution in [3.63, 3.8) is 0 Å². The molecule has 0 aliphatic carbocycles. The molecule has 0 saturated carbocycles. The summed E-state index contributed by atoms with van der Waals surface area (Å²) in [5.41, 5.74) is -0.655. The molecule has 70 valence electrons. The minimum atomic E-state index is -1.40. The molecule has 0 radical (unpaired) electrons. The largest absolute Gasteiger partial charge is 0.368 e. The molecule has 1 nitrogen and oxygen atoms in total. The molecular weight excluding hydrogens is 188 g/mol. The summed E-state index contributed by atoms with van der Waals surface area (Å²) >= 11 is 0. The van der Waals surface area contributed by atoms with E-state index in [4.69, 9.17) is 0 Å². The van der Waals surface area contributed by atoms with Crippen LogP contribution in [-0.4, -0.2) is 6.61 Å². The third-order valence-corrected chi connectivity index (χ3v) is 1.80. The fourth-order valence-electron chi connectivity index (χ4n) is 1.09.